The zero-order valence-corrected chi connectivity index (χ0v) is 16.8. The fourth-order valence-electron chi connectivity index (χ4n) is 2.49. The molecule has 26 heavy (non-hydrogen) atoms. The van der Waals surface area contributed by atoms with Crippen LogP contribution in [0, 0.1) is 6.92 Å². The highest BCUT2D eigenvalue weighted by Crippen LogP contribution is 2.26. The molecule has 134 valence electrons. The maximum absolute atomic E-state index is 12.4. The Morgan fingerprint density at radius 2 is 1.96 bits per heavy atom. The van der Waals surface area contributed by atoms with Gasteiger partial charge in [-0.2, -0.15) is 0 Å². The highest BCUT2D eigenvalue weighted by molar-refractivity contribution is 9.10. The summed E-state index contributed by atoms with van der Waals surface area (Å²) < 4.78 is 2.64. The lowest BCUT2D eigenvalue weighted by Gasteiger charge is -2.09. The SMILES string of the molecule is CCCNC(=O)c1nc(-c2ccc(Br)cc2)n(-c2cc(Cl)ccc2C)n1. The van der Waals surface area contributed by atoms with Crippen LogP contribution in [0.2, 0.25) is 5.02 Å². The molecule has 0 aliphatic heterocycles. The summed E-state index contributed by atoms with van der Waals surface area (Å²) in [6.07, 6.45) is 0.847. The van der Waals surface area contributed by atoms with Gasteiger partial charge in [0.15, 0.2) is 5.82 Å². The first kappa shape index (κ1) is 18.6. The van der Waals surface area contributed by atoms with Gasteiger partial charge in [0.05, 0.1) is 5.69 Å². The molecule has 0 aliphatic carbocycles. The Hall–Kier alpha value is -2.18. The van der Waals surface area contributed by atoms with Crippen molar-refractivity contribution in [1.29, 1.82) is 0 Å². The van der Waals surface area contributed by atoms with Crippen molar-refractivity contribution < 1.29 is 4.79 Å². The average molecular weight is 434 g/mol. The minimum absolute atomic E-state index is 0.135. The third-order valence-electron chi connectivity index (χ3n) is 3.85. The summed E-state index contributed by atoms with van der Waals surface area (Å²) in [5.41, 5.74) is 2.63. The monoisotopic (exact) mass is 432 g/mol. The van der Waals surface area contributed by atoms with Crippen LogP contribution in [0.5, 0.6) is 0 Å². The molecule has 1 heterocycles. The molecule has 0 radical (unpaired) electrons. The van der Waals surface area contributed by atoms with Crippen LogP contribution in [0.25, 0.3) is 17.1 Å². The van der Waals surface area contributed by atoms with Crippen molar-refractivity contribution in [2.45, 2.75) is 20.3 Å². The van der Waals surface area contributed by atoms with E-state index in [9.17, 15) is 4.79 Å². The molecule has 0 fully saturated rings. The van der Waals surface area contributed by atoms with E-state index < -0.39 is 0 Å². The van der Waals surface area contributed by atoms with E-state index in [1.165, 1.54) is 0 Å². The highest BCUT2D eigenvalue weighted by Gasteiger charge is 2.19. The molecule has 0 aliphatic rings. The molecule has 1 aromatic heterocycles. The Morgan fingerprint density at radius 1 is 1.23 bits per heavy atom. The largest absolute Gasteiger partial charge is 0.349 e. The van der Waals surface area contributed by atoms with Crippen molar-refractivity contribution in [1.82, 2.24) is 20.1 Å². The van der Waals surface area contributed by atoms with Crippen LogP contribution in [-0.4, -0.2) is 27.2 Å². The fraction of sp³-hybridized carbons (Fsp3) is 0.211. The molecule has 0 saturated carbocycles. The van der Waals surface area contributed by atoms with Gasteiger partial charge in [-0.25, -0.2) is 9.67 Å². The summed E-state index contributed by atoms with van der Waals surface area (Å²) in [5, 5.41) is 7.87. The number of benzene rings is 2. The summed E-state index contributed by atoms with van der Waals surface area (Å²) >= 11 is 9.61. The molecule has 0 unspecified atom stereocenters. The van der Waals surface area contributed by atoms with Gasteiger partial charge in [0.1, 0.15) is 0 Å². The first-order valence-corrected chi connectivity index (χ1v) is 9.44. The number of hydrogen-bond donors (Lipinski definition) is 1. The van der Waals surface area contributed by atoms with Crippen LogP contribution in [-0.2, 0) is 0 Å². The van der Waals surface area contributed by atoms with Crippen molar-refractivity contribution in [3.63, 3.8) is 0 Å². The highest BCUT2D eigenvalue weighted by atomic mass is 79.9. The number of carbonyl (C=O) groups excluding carboxylic acids is 1. The molecule has 5 nitrogen and oxygen atoms in total. The number of rotatable bonds is 5. The average Bonchev–Trinajstić information content (AvgIpc) is 3.07. The van der Waals surface area contributed by atoms with Crippen molar-refractivity contribution in [2.75, 3.05) is 6.54 Å². The molecule has 0 bridgehead atoms. The zero-order valence-electron chi connectivity index (χ0n) is 14.5. The molecular formula is C19H18BrClN4O. The Bertz CT molecular complexity index is 937. The zero-order chi connectivity index (χ0) is 18.7. The number of nitrogens with zero attached hydrogens (tertiary/aromatic N) is 3. The van der Waals surface area contributed by atoms with Crippen LogP contribution < -0.4 is 5.32 Å². The molecule has 0 atom stereocenters. The first-order chi connectivity index (χ1) is 12.5. The van der Waals surface area contributed by atoms with Gasteiger partial charge in [-0.1, -0.05) is 52.7 Å². The Kier molecular flexibility index (Phi) is 5.74. The minimum atomic E-state index is -0.288. The number of halogens is 2. The quantitative estimate of drug-likeness (QED) is 0.629. The molecule has 1 amide bonds. The van der Waals surface area contributed by atoms with E-state index in [0.717, 1.165) is 27.7 Å². The Morgan fingerprint density at radius 3 is 2.65 bits per heavy atom. The van der Waals surface area contributed by atoms with Crippen molar-refractivity contribution >= 4 is 33.4 Å². The van der Waals surface area contributed by atoms with E-state index in [2.05, 4.69) is 31.3 Å². The second kappa shape index (κ2) is 8.01. The van der Waals surface area contributed by atoms with Gasteiger partial charge in [-0.3, -0.25) is 4.79 Å². The van der Waals surface area contributed by atoms with Crippen LogP contribution in [0.15, 0.2) is 46.9 Å². The number of hydrogen-bond acceptors (Lipinski definition) is 3. The van der Waals surface area contributed by atoms with Gasteiger partial charge in [0.2, 0.25) is 5.82 Å². The maximum atomic E-state index is 12.4. The summed E-state index contributed by atoms with van der Waals surface area (Å²) in [6.45, 7) is 4.54. The number of aryl methyl sites for hydroxylation is 1. The lowest BCUT2D eigenvalue weighted by atomic mass is 10.2. The van der Waals surface area contributed by atoms with Crippen LogP contribution >= 0.6 is 27.5 Å². The van der Waals surface area contributed by atoms with E-state index >= 15 is 0 Å². The lowest BCUT2D eigenvalue weighted by molar-refractivity contribution is 0.0943. The second-order valence-electron chi connectivity index (χ2n) is 5.86. The van der Waals surface area contributed by atoms with E-state index in [1.807, 2.05) is 56.3 Å². The van der Waals surface area contributed by atoms with Gasteiger partial charge in [-0.15, -0.1) is 5.10 Å². The first-order valence-electron chi connectivity index (χ1n) is 8.27. The van der Waals surface area contributed by atoms with Gasteiger partial charge in [0.25, 0.3) is 5.91 Å². The third kappa shape index (κ3) is 3.97. The van der Waals surface area contributed by atoms with Gasteiger partial charge in [-0.05, 0) is 43.2 Å². The maximum Gasteiger partial charge on any atom is 0.290 e. The van der Waals surface area contributed by atoms with Gasteiger partial charge < -0.3 is 5.32 Å². The van der Waals surface area contributed by atoms with Gasteiger partial charge >= 0.3 is 0 Å². The normalized spacial score (nSPS) is 10.8. The van der Waals surface area contributed by atoms with Crippen LogP contribution in [0.1, 0.15) is 29.5 Å². The van der Waals surface area contributed by atoms with E-state index in [-0.39, 0.29) is 11.7 Å². The van der Waals surface area contributed by atoms with Crippen molar-refractivity contribution in [2.24, 2.45) is 0 Å². The molecule has 1 N–H and O–H groups in total. The molecule has 3 aromatic rings. The Balaban J connectivity index is 2.14. The number of aromatic nitrogens is 3. The lowest BCUT2D eigenvalue weighted by Crippen LogP contribution is -2.25. The molecular weight excluding hydrogens is 416 g/mol. The molecule has 0 saturated heterocycles. The van der Waals surface area contributed by atoms with E-state index in [0.29, 0.717) is 17.4 Å². The van der Waals surface area contributed by atoms with E-state index in [4.69, 9.17) is 11.6 Å². The smallest absolute Gasteiger partial charge is 0.290 e. The number of carbonyl (C=O) groups is 1. The second-order valence-corrected chi connectivity index (χ2v) is 7.22. The minimum Gasteiger partial charge on any atom is -0.349 e. The summed E-state index contributed by atoms with van der Waals surface area (Å²) in [7, 11) is 0. The Labute approximate surface area is 165 Å². The van der Waals surface area contributed by atoms with Crippen LogP contribution in [0.3, 0.4) is 0 Å². The standard InChI is InChI=1S/C19H18BrClN4O/c1-3-10-22-19(26)17-23-18(13-5-7-14(20)8-6-13)25(24-17)16-11-15(21)9-4-12(16)2/h4-9,11H,3,10H2,1-2H3,(H,22,26). The third-order valence-corrected chi connectivity index (χ3v) is 4.61. The molecule has 2 aromatic carbocycles. The molecule has 7 heteroatoms. The summed E-state index contributed by atoms with van der Waals surface area (Å²) in [5.74, 6) is 0.434. The molecule has 3 rings (SSSR count). The number of amides is 1. The van der Waals surface area contributed by atoms with Crippen molar-refractivity contribution in [3.8, 4) is 17.1 Å². The van der Waals surface area contributed by atoms with E-state index in [1.54, 1.807) is 4.68 Å². The summed E-state index contributed by atoms with van der Waals surface area (Å²) in [6, 6.07) is 13.3. The van der Waals surface area contributed by atoms with Gasteiger partial charge in [0, 0.05) is 21.6 Å². The van der Waals surface area contributed by atoms with Crippen molar-refractivity contribution in [3.05, 3.63) is 63.3 Å². The number of nitrogens with one attached hydrogen (secondary N) is 1. The summed E-state index contributed by atoms with van der Waals surface area (Å²) in [4.78, 5) is 16.8. The van der Waals surface area contributed by atoms with Crippen LogP contribution in [0.4, 0.5) is 0 Å². The fourth-order valence-corrected chi connectivity index (χ4v) is 2.92. The predicted molar refractivity (Wildman–Crippen MR) is 107 cm³/mol. The predicted octanol–water partition coefficient (Wildman–Crippen LogP) is 4.80. The topological polar surface area (TPSA) is 59.8 Å². The molecule has 0 spiro atoms.